The first-order valence-electron chi connectivity index (χ1n) is 4.01. The Morgan fingerprint density at radius 2 is 1.81 bits per heavy atom. The largest absolute Gasteiger partial charge is 0.388 e. The number of nitrogens with two attached hydrogens (primary N) is 1. The van der Waals surface area contributed by atoms with Gasteiger partial charge in [-0.3, -0.25) is 0 Å². The maximum atomic E-state index is 8.81. The zero-order valence-electron chi connectivity index (χ0n) is 7.94. The summed E-state index contributed by atoms with van der Waals surface area (Å²) in [5.41, 5.74) is 5.27. The van der Waals surface area contributed by atoms with E-state index in [0.29, 0.717) is 0 Å². The molecule has 0 spiro atoms. The number of nitriles is 4. The number of hydrogen-bond donors (Lipinski definition) is 2. The molecule has 0 aromatic carbocycles. The first-order valence-corrected chi connectivity index (χ1v) is 4.01. The molecule has 0 unspecified atom stereocenters. The second kappa shape index (κ2) is 4.33. The summed E-state index contributed by atoms with van der Waals surface area (Å²) in [5.74, 6) is 0. The highest BCUT2D eigenvalue weighted by Crippen LogP contribution is 2.20. The van der Waals surface area contributed by atoms with E-state index in [1.165, 1.54) is 6.08 Å². The van der Waals surface area contributed by atoms with Crippen molar-refractivity contribution in [2.24, 2.45) is 5.73 Å². The predicted octanol–water partition coefficient (Wildman–Crippen LogP) is 0.0347. The van der Waals surface area contributed by atoms with Gasteiger partial charge in [0.25, 0.3) is 0 Å². The second-order valence-electron chi connectivity index (χ2n) is 2.71. The van der Waals surface area contributed by atoms with Crippen molar-refractivity contribution in [1.82, 2.24) is 5.32 Å². The van der Waals surface area contributed by atoms with Crippen LogP contribution in [0.4, 0.5) is 0 Å². The Bertz CT molecular complexity index is 591. The molecular formula is C10H4N6. The smallest absolute Gasteiger partial charge is 0.136 e. The maximum Gasteiger partial charge on any atom is 0.136 e. The number of hydrogen-bond acceptors (Lipinski definition) is 6. The van der Waals surface area contributed by atoms with Gasteiger partial charge < -0.3 is 11.1 Å². The van der Waals surface area contributed by atoms with Crippen LogP contribution in [0.2, 0.25) is 0 Å². The molecule has 1 aliphatic rings. The molecule has 0 aromatic rings. The Morgan fingerprint density at radius 3 is 2.25 bits per heavy atom. The molecule has 0 aromatic heterocycles. The van der Waals surface area contributed by atoms with E-state index in [1.54, 1.807) is 24.3 Å². The van der Waals surface area contributed by atoms with Gasteiger partial charge in [0.15, 0.2) is 0 Å². The minimum atomic E-state index is -0.211. The summed E-state index contributed by atoms with van der Waals surface area (Å²) in [6, 6.07) is 6.98. The van der Waals surface area contributed by atoms with Gasteiger partial charge in [-0.15, -0.1) is 0 Å². The van der Waals surface area contributed by atoms with Crippen molar-refractivity contribution in [3.05, 3.63) is 34.3 Å². The molecule has 0 aliphatic carbocycles. The van der Waals surface area contributed by atoms with Crippen LogP contribution >= 0.6 is 0 Å². The highest BCUT2D eigenvalue weighted by atomic mass is 14.9. The zero-order chi connectivity index (χ0) is 12.1. The van der Waals surface area contributed by atoms with Gasteiger partial charge in [0, 0.05) is 0 Å². The first-order chi connectivity index (χ1) is 7.67. The van der Waals surface area contributed by atoms with Crippen molar-refractivity contribution in [2.75, 3.05) is 0 Å². The molecule has 0 fully saturated rings. The average Bonchev–Trinajstić information content (AvgIpc) is 2.35. The van der Waals surface area contributed by atoms with Crippen LogP contribution in [0.25, 0.3) is 0 Å². The SMILES string of the molecule is N#CC1=CC(C#N)=C(C#N)N/C1=C(/N)C#N. The third kappa shape index (κ3) is 1.68. The Morgan fingerprint density at radius 1 is 1.12 bits per heavy atom. The van der Waals surface area contributed by atoms with Crippen LogP contribution in [0, 0.1) is 45.3 Å². The number of nitrogens with one attached hydrogen (secondary N) is 1. The molecule has 1 heterocycles. The minimum Gasteiger partial charge on any atom is -0.388 e. The van der Waals surface area contributed by atoms with Crippen LogP contribution in [-0.4, -0.2) is 0 Å². The van der Waals surface area contributed by atoms with Crippen molar-refractivity contribution in [1.29, 1.82) is 21.0 Å². The normalized spacial score (nSPS) is 16.9. The lowest BCUT2D eigenvalue weighted by atomic mass is 10.0. The number of allylic oxidation sites excluding steroid dienone is 5. The molecule has 6 heteroatoms. The minimum absolute atomic E-state index is 0.0327. The topological polar surface area (TPSA) is 133 Å². The maximum absolute atomic E-state index is 8.81. The summed E-state index contributed by atoms with van der Waals surface area (Å²) < 4.78 is 0. The molecule has 6 nitrogen and oxygen atoms in total. The van der Waals surface area contributed by atoms with Gasteiger partial charge in [-0.25, -0.2) is 0 Å². The van der Waals surface area contributed by atoms with E-state index in [1.807, 2.05) is 0 Å². The van der Waals surface area contributed by atoms with Gasteiger partial charge >= 0.3 is 0 Å². The molecule has 74 valence electrons. The lowest BCUT2D eigenvalue weighted by Crippen LogP contribution is -2.22. The molecule has 0 amide bonds. The molecule has 1 rings (SSSR count). The van der Waals surface area contributed by atoms with E-state index in [9.17, 15) is 0 Å². The summed E-state index contributed by atoms with van der Waals surface area (Å²) in [7, 11) is 0. The summed E-state index contributed by atoms with van der Waals surface area (Å²) in [4.78, 5) is 0. The van der Waals surface area contributed by atoms with Gasteiger partial charge in [-0.05, 0) is 6.08 Å². The van der Waals surface area contributed by atoms with E-state index in [2.05, 4.69) is 5.32 Å². The van der Waals surface area contributed by atoms with Crippen molar-refractivity contribution in [3.8, 4) is 24.3 Å². The summed E-state index contributed by atoms with van der Waals surface area (Å²) in [6.45, 7) is 0. The Balaban J connectivity index is 3.45. The summed E-state index contributed by atoms with van der Waals surface area (Å²) in [5, 5.41) is 37.4. The first kappa shape index (κ1) is 10.9. The second-order valence-corrected chi connectivity index (χ2v) is 2.71. The third-order valence-electron chi connectivity index (χ3n) is 1.82. The van der Waals surface area contributed by atoms with Crippen molar-refractivity contribution >= 4 is 0 Å². The van der Waals surface area contributed by atoms with E-state index in [4.69, 9.17) is 26.8 Å². The third-order valence-corrected chi connectivity index (χ3v) is 1.82. The van der Waals surface area contributed by atoms with E-state index in [0.717, 1.165) is 0 Å². The van der Waals surface area contributed by atoms with Crippen molar-refractivity contribution in [3.63, 3.8) is 0 Å². The van der Waals surface area contributed by atoms with Gasteiger partial charge in [-0.2, -0.15) is 21.0 Å². The highest BCUT2D eigenvalue weighted by molar-refractivity contribution is 5.60. The fraction of sp³-hybridized carbons (Fsp3) is 0. The molecule has 0 radical (unpaired) electrons. The molecular weight excluding hydrogens is 204 g/mol. The van der Waals surface area contributed by atoms with Gasteiger partial charge in [0.05, 0.1) is 16.8 Å². The highest BCUT2D eigenvalue weighted by Gasteiger charge is 2.19. The van der Waals surface area contributed by atoms with Gasteiger partial charge in [0.2, 0.25) is 0 Å². The molecule has 3 N–H and O–H groups in total. The Hall–Kier alpha value is -3.22. The van der Waals surface area contributed by atoms with Crippen molar-refractivity contribution < 1.29 is 0 Å². The van der Waals surface area contributed by atoms with E-state index >= 15 is 0 Å². The molecule has 0 saturated carbocycles. The standard InChI is InChI=1S/C10H4N6/c11-2-6-1-7(3-12)10(8(15)4-13)16-9(6)5-14/h1,16H,15H2/b10-8+. The van der Waals surface area contributed by atoms with Crippen LogP contribution in [0.3, 0.4) is 0 Å². The van der Waals surface area contributed by atoms with Crippen LogP contribution in [0.15, 0.2) is 34.3 Å². The van der Waals surface area contributed by atoms with E-state index < -0.39 is 0 Å². The van der Waals surface area contributed by atoms with Crippen LogP contribution in [0.1, 0.15) is 0 Å². The molecule has 0 saturated heterocycles. The molecule has 0 atom stereocenters. The Labute approximate surface area is 91.4 Å². The van der Waals surface area contributed by atoms with E-state index in [-0.39, 0.29) is 28.2 Å². The number of rotatable bonds is 0. The predicted molar refractivity (Wildman–Crippen MR) is 51.9 cm³/mol. The average molecular weight is 208 g/mol. The lowest BCUT2D eigenvalue weighted by molar-refractivity contribution is 0.978. The van der Waals surface area contributed by atoms with Crippen LogP contribution in [-0.2, 0) is 0 Å². The fourth-order valence-electron chi connectivity index (χ4n) is 1.08. The quantitative estimate of drug-likeness (QED) is 0.539. The lowest BCUT2D eigenvalue weighted by Gasteiger charge is -2.14. The Kier molecular flexibility index (Phi) is 2.94. The molecule has 1 aliphatic heterocycles. The summed E-state index contributed by atoms with van der Waals surface area (Å²) >= 11 is 0. The molecule has 16 heavy (non-hydrogen) atoms. The van der Waals surface area contributed by atoms with Crippen molar-refractivity contribution in [2.45, 2.75) is 0 Å². The molecule has 0 bridgehead atoms. The van der Waals surface area contributed by atoms with Gasteiger partial charge in [0.1, 0.15) is 35.7 Å². The zero-order valence-corrected chi connectivity index (χ0v) is 7.94. The monoisotopic (exact) mass is 208 g/mol. The van der Waals surface area contributed by atoms with Crippen LogP contribution < -0.4 is 11.1 Å². The summed E-state index contributed by atoms with van der Waals surface area (Å²) in [6.07, 6.45) is 1.22. The number of nitrogens with zero attached hydrogens (tertiary/aromatic N) is 4. The fourth-order valence-corrected chi connectivity index (χ4v) is 1.08. The van der Waals surface area contributed by atoms with Gasteiger partial charge in [-0.1, -0.05) is 0 Å². The van der Waals surface area contributed by atoms with Crippen LogP contribution in [0.5, 0.6) is 0 Å². The number of dihydropyridines is 1.